The third kappa shape index (κ3) is 2.45. The standard InChI is InChI=1S/C15H28N2O/c1-3-13-10-18-11(2)8-17(13)9-15-14-6-4-5-12(14)7-16-15/h11-16H,3-10H2,1-2H3. The third-order valence-electron chi connectivity index (χ3n) is 5.36. The van der Waals surface area contributed by atoms with E-state index in [0.717, 1.165) is 31.0 Å². The van der Waals surface area contributed by atoms with E-state index >= 15 is 0 Å². The molecule has 5 unspecified atom stereocenters. The zero-order valence-corrected chi connectivity index (χ0v) is 11.9. The van der Waals surface area contributed by atoms with E-state index in [2.05, 4.69) is 24.1 Å². The Morgan fingerprint density at radius 3 is 3.06 bits per heavy atom. The first-order chi connectivity index (χ1) is 8.78. The molecule has 0 aromatic carbocycles. The van der Waals surface area contributed by atoms with Crippen LogP contribution >= 0.6 is 0 Å². The van der Waals surface area contributed by atoms with Crippen LogP contribution in [0.25, 0.3) is 0 Å². The average Bonchev–Trinajstić information content (AvgIpc) is 2.94. The first kappa shape index (κ1) is 12.9. The molecule has 1 aliphatic carbocycles. The Morgan fingerprint density at radius 1 is 1.33 bits per heavy atom. The third-order valence-corrected chi connectivity index (χ3v) is 5.36. The quantitative estimate of drug-likeness (QED) is 0.830. The molecule has 5 atom stereocenters. The molecule has 0 amide bonds. The molecule has 1 N–H and O–H groups in total. The summed E-state index contributed by atoms with van der Waals surface area (Å²) in [6.07, 6.45) is 6.01. The molecular formula is C15H28N2O. The van der Waals surface area contributed by atoms with Gasteiger partial charge < -0.3 is 10.1 Å². The van der Waals surface area contributed by atoms with E-state index in [4.69, 9.17) is 4.74 Å². The normalized spacial score (nSPS) is 45.3. The maximum absolute atomic E-state index is 5.80. The Bertz CT molecular complexity index is 284. The molecule has 0 radical (unpaired) electrons. The highest BCUT2D eigenvalue weighted by molar-refractivity contribution is 4.96. The summed E-state index contributed by atoms with van der Waals surface area (Å²) >= 11 is 0. The van der Waals surface area contributed by atoms with Crippen molar-refractivity contribution in [3.63, 3.8) is 0 Å². The van der Waals surface area contributed by atoms with Crippen molar-refractivity contribution >= 4 is 0 Å². The number of hydrogen-bond acceptors (Lipinski definition) is 3. The number of morpholine rings is 1. The van der Waals surface area contributed by atoms with Crippen LogP contribution in [0.5, 0.6) is 0 Å². The maximum Gasteiger partial charge on any atom is 0.0674 e. The van der Waals surface area contributed by atoms with Crippen molar-refractivity contribution in [2.75, 3.05) is 26.2 Å². The highest BCUT2D eigenvalue weighted by Gasteiger charge is 2.40. The van der Waals surface area contributed by atoms with Gasteiger partial charge in [0.1, 0.15) is 0 Å². The molecule has 3 rings (SSSR count). The van der Waals surface area contributed by atoms with Crippen LogP contribution in [0.2, 0.25) is 0 Å². The summed E-state index contributed by atoms with van der Waals surface area (Å²) in [6.45, 7) is 9.06. The maximum atomic E-state index is 5.80. The first-order valence-electron chi connectivity index (χ1n) is 7.87. The fourth-order valence-corrected chi connectivity index (χ4v) is 4.27. The van der Waals surface area contributed by atoms with E-state index in [1.54, 1.807) is 0 Å². The van der Waals surface area contributed by atoms with Crippen molar-refractivity contribution in [1.82, 2.24) is 10.2 Å². The van der Waals surface area contributed by atoms with E-state index < -0.39 is 0 Å². The molecule has 104 valence electrons. The van der Waals surface area contributed by atoms with Gasteiger partial charge in [-0.3, -0.25) is 4.90 Å². The van der Waals surface area contributed by atoms with Gasteiger partial charge in [0.05, 0.1) is 12.7 Å². The van der Waals surface area contributed by atoms with Gasteiger partial charge in [0, 0.05) is 25.2 Å². The molecule has 3 aliphatic rings. The lowest BCUT2D eigenvalue weighted by atomic mass is 9.93. The van der Waals surface area contributed by atoms with Crippen LogP contribution < -0.4 is 5.32 Å². The Morgan fingerprint density at radius 2 is 2.22 bits per heavy atom. The monoisotopic (exact) mass is 252 g/mol. The largest absolute Gasteiger partial charge is 0.376 e. The van der Waals surface area contributed by atoms with Crippen LogP contribution in [0.15, 0.2) is 0 Å². The first-order valence-corrected chi connectivity index (χ1v) is 7.87. The lowest BCUT2D eigenvalue weighted by molar-refractivity contribution is -0.0593. The molecule has 2 aliphatic heterocycles. The molecule has 0 aromatic rings. The van der Waals surface area contributed by atoms with Gasteiger partial charge in [0.15, 0.2) is 0 Å². The SMILES string of the molecule is CCC1COC(C)CN1CC1NCC2CCCC21. The lowest BCUT2D eigenvalue weighted by Gasteiger charge is -2.40. The van der Waals surface area contributed by atoms with Crippen LogP contribution in [0.4, 0.5) is 0 Å². The molecule has 0 aromatic heterocycles. The van der Waals surface area contributed by atoms with Crippen LogP contribution in [-0.2, 0) is 4.74 Å². The minimum atomic E-state index is 0.411. The average molecular weight is 252 g/mol. The Labute approximate surface area is 111 Å². The molecule has 3 nitrogen and oxygen atoms in total. The van der Waals surface area contributed by atoms with Gasteiger partial charge >= 0.3 is 0 Å². The smallest absolute Gasteiger partial charge is 0.0674 e. The van der Waals surface area contributed by atoms with Gasteiger partial charge in [-0.15, -0.1) is 0 Å². The number of ether oxygens (including phenoxy) is 1. The van der Waals surface area contributed by atoms with Gasteiger partial charge in [-0.05, 0) is 44.6 Å². The second-order valence-corrected chi connectivity index (χ2v) is 6.53. The second kappa shape index (κ2) is 5.48. The topological polar surface area (TPSA) is 24.5 Å². The van der Waals surface area contributed by atoms with Crippen molar-refractivity contribution < 1.29 is 4.74 Å². The van der Waals surface area contributed by atoms with Gasteiger partial charge in [0.2, 0.25) is 0 Å². The molecule has 18 heavy (non-hydrogen) atoms. The van der Waals surface area contributed by atoms with Gasteiger partial charge in [-0.2, -0.15) is 0 Å². The molecule has 2 heterocycles. The minimum absolute atomic E-state index is 0.411. The fraction of sp³-hybridized carbons (Fsp3) is 1.00. The summed E-state index contributed by atoms with van der Waals surface area (Å²) in [6, 6.07) is 1.39. The van der Waals surface area contributed by atoms with E-state index in [0.29, 0.717) is 12.1 Å². The fourth-order valence-electron chi connectivity index (χ4n) is 4.27. The number of nitrogens with one attached hydrogen (secondary N) is 1. The zero-order valence-electron chi connectivity index (χ0n) is 11.9. The van der Waals surface area contributed by atoms with Crippen molar-refractivity contribution in [2.45, 2.75) is 57.7 Å². The molecule has 3 fully saturated rings. The zero-order chi connectivity index (χ0) is 12.5. The minimum Gasteiger partial charge on any atom is -0.376 e. The second-order valence-electron chi connectivity index (χ2n) is 6.53. The van der Waals surface area contributed by atoms with Crippen LogP contribution in [0.3, 0.4) is 0 Å². The summed E-state index contributed by atoms with van der Waals surface area (Å²) < 4.78 is 5.80. The Kier molecular flexibility index (Phi) is 3.92. The van der Waals surface area contributed by atoms with Gasteiger partial charge in [-0.1, -0.05) is 13.3 Å². The van der Waals surface area contributed by atoms with Crippen molar-refractivity contribution in [2.24, 2.45) is 11.8 Å². The Balaban J connectivity index is 1.60. The Hall–Kier alpha value is -0.120. The van der Waals surface area contributed by atoms with E-state index in [9.17, 15) is 0 Å². The number of rotatable bonds is 3. The highest BCUT2D eigenvalue weighted by atomic mass is 16.5. The van der Waals surface area contributed by atoms with E-state index in [1.807, 2.05) is 0 Å². The number of fused-ring (bicyclic) bond motifs is 1. The van der Waals surface area contributed by atoms with Crippen molar-refractivity contribution in [3.8, 4) is 0 Å². The molecule has 2 saturated heterocycles. The number of nitrogens with zero attached hydrogens (tertiary/aromatic N) is 1. The van der Waals surface area contributed by atoms with E-state index in [1.165, 1.54) is 38.8 Å². The summed E-state index contributed by atoms with van der Waals surface area (Å²) in [7, 11) is 0. The predicted octanol–water partition coefficient (Wildman–Crippen LogP) is 1.87. The van der Waals surface area contributed by atoms with Gasteiger partial charge in [-0.25, -0.2) is 0 Å². The molecule has 3 heteroatoms. The summed E-state index contributed by atoms with van der Waals surface area (Å²) in [5, 5.41) is 3.78. The lowest BCUT2D eigenvalue weighted by Crippen LogP contribution is -2.53. The highest BCUT2D eigenvalue weighted by Crippen LogP contribution is 2.38. The van der Waals surface area contributed by atoms with Crippen molar-refractivity contribution in [1.29, 1.82) is 0 Å². The predicted molar refractivity (Wildman–Crippen MR) is 73.7 cm³/mol. The van der Waals surface area contributed by atoms with Crippen LogP contribution in [-0.4, -0.2) is 49.3 Å². The molecule has 0 spiro atoms. The molecular weight excluding hydrogens is 224 g/mol. The summed E-state index contributed by atoms with van der Waals surface area (Å²) in [5.74, 6) is 1.94. The number of hydrogen-bond donors (Lipinski definition) is 1. The van der Waals surface area contributed by atoms with Crippen LogP contribution in [0.1, 0.15) is 39.5 Å². The van der Waals surface area contributed by atoms with E-state index in [-0.39, 0.29) is 0 Å². The van der Waals surface area contributed by atoms with Crippen LogP contribution in [0, 0.1) is 11.8 Å². The van der Waals surface area contributed by atoms with Crippen molar-refractivity contribution in [3.05, 3.63) is 0 Å². The summed E-state index contributed by atoms with van der Waals surface area (Å²) in [5.41, 5.74) is 0. The van der Waals surface area contributed by atoms with Gasteiger partial charge in [0.25, 0.3) is 0 Å². The molecule has 0 bridgehead atoms. The summed E-state index contributed by atoms with van der Waals surface area (Å²) in [4.78, 5) is 2.69. The molecule has 1 saturated carbocycles.